The van der Waals surface area contributed by atoms with Crippen molar-refractivity contribution in [2.75, 3.05) is 0 Å². The summed E-state index contributed by atoms with van der Waals surface area (Å²) >= 11 is 11.5. The number of unbranched alkanes of at least 4 members (excludes halogenated alkanes) is 1. The molecule has 6 nitrogen and oxygen atoms in total. The van der Waals surface area contributed by atoms with E-state index in [1.807, 2.05) is 68.4 Å². The van der Waals surface area contributed by atoms with Crippen LogP contribution in [0.5, 0.6) is 0 Å². The molecule has 4 rings (SSSR count). The van der Waals surface area contributed by atoms with E-state index in [1.165, 1.54) is 19.2 Å². The molecule has 0 N–H and O–H groups in total. The minimum Gasteiger partial charge on any atom is -0.335 e. The number of rotatable bonds is 2. The largest absolute Gasteiger partial charge is 0.335 e. The molecule has 0 atom stereocenters. The van der Waals surface area contributed by atoms with Crippen molar-refractivity contribution >= 4 is 45.3 Å². The molecule has 0 bridgehead atoms. The van der Waals surface area contributed by atoms with Crippen LogP contribution < -0.4 is 0 Å². The van der Waals surface area contributed by atoms with Gasteiger partial charge in [0.1, 0.15) is 22.8 Å². The smallest absolute Gasteiger partial charge is 0.224 e. The van der Waals surface area contributed by atoms with Gasteiger partial charge < -0.3 is 9.13 Å². The zero-order valence-electron chi connectivity index (χ0n) is 20.0. The van der Waals surface area contributed by atoms with Gasteiger partial charge in [-0.1, -0.05) is 66.0 Å². The van der Waals surface area contributed by atoms with E-state index >= 15 is 0 Å². The maximum absolute atomic E-state index is 5.81. The summed E-state index contributed by atoms with van der Waals surface area (Å²) < 4.78 is 3.94. The van der Waals surface area contributed by atoms with Gasteiger partial charge in [-0.3, -0.25) is 0 Å². The fourth-order valence-electron chi connectivity index (χ4n) is 2.25. The van der Waals surface area contributed by atoms with Gasteiger partial charge in [0.25, 0.3) is 0 Å². The molecule has 31 heavy (non-hydrogen) atoms. The molecule has 0 radical (unpaired) electrons. The highest BCUT2D eigenvalue weighted by molar-refractivity contribution is 6.33. The minimum absolute atomic E-state index is 0.302. The molecule has 0 aromatic carbocycles. The Kier molecular flexibility index (Phi) is 15.3. The lowest BCUT2D eigenvalue weighted by Crippen LogP contribution is -1.93. The van der Waals surface area contributed by atoms with E-state index < -0.39 is 0 Å². The SMILES string of the molecule is CC.CC.CCCC.CCn1ccc2cnc(Cl)nc21.Cn1ccc2c(Cl)ncnc21. The molecule has 172 valence electrons. The number of hydrogen-bond acceptors (Lipinski definition) is 4. The predicted molar refractivity (Wildman–Crippen MR) is 135 cm³/mol. The summed E-state index contributed by atoms with van der Waals surface area (Å²) in [5.41, 5.74) is 1.77. The molecular formula is C23H36Cl2N6. The maximum Gasteiger partial charge on any atom is 0.224 e. The molecule has 0 saturated carbocycles. The van der Waals surface area contributed by atoms with Crippen LogP contribution in [-0.4, -0.2) is 29.1 Å². The zero-order chi connectivity index (χ0) is 23.8. The van der Waals surface area contributed by atoms with Crippen LogP contribution in [0, 0.1) is 0 Å². The van der Waals surface area contributed by atoms with Crippen LogP contribution in [0.1, 0.15) is 61.3 Å². The highest BCUT2D eigenvalue weighted by Gasteiger charge is 2.02. The van der Waals surface area contributed by atoms with E-state index in [0.29, 0.717) is 10.4 Å². The van der Waals surface area contributed by atoms with Crippen LogP contribution in [0.25, 0.3) is 22.1 Å². The molecule has 0 unspecified atom stereocenters. The van der Waals surface area contributed by atoms with Crippen LogP contribution in [0.4, 0.5) is 0 Å². The van der Waals surface area contributed by atoms with Gasteiger partial charge in [-0.05, 0) is 30.7 Å². The van der Waals surface area contributed by atoms with E-state index in [4.69, 9.17) is 23.2 Å². The minimum atomic E-state index is 0.302. The fourth-order valence-corrected chi connectivity index (χ4v) is 2.57. The van der Waals surface area contributed by atoms with Crippen molar-refractivity contribution in [2.24, 2.45) is 7.05 Å². The molecule has 0 saturated heterocycles. The average Bonchev–Trinajstić information content (AvgIpc) is 3.41. The first-order chi connectivity index (χ1) is 15.0. The van der Waals surface area contributed by atoms with Gasteiger partial charge in [-0.25, -0.2) is 15.0 Å². The monoisotopic (exact) mass is 466 g/mol. The number of nitrogens with zero attached hydrogens (tertiary/aromatic N) is 6. The summed E-state index contributed by atoms with van der Waals surface area (Å²) in [5, 5.41) is 2.74. The molecule has 4 heterocycles. The Morgan fingerprint density at radius 1 is 0.839 bits per heavy atom. The van der Waals surface area contributed by atoms with E-state index in [1.54, 1.807) is 6.20 Å². The van der Waals surface area contributed by atoms with Crippen molar-refractivity contribution in [3.05, 3.63) is 47.5 Å². The summed E-state index contributed by atoms with van der Waals surface area (Å²) in [4.78, 5) is 16.0. The number of fused-ring (bicyclic) bond motifs is 2. The van der Waals surface area contributed by atoms with Crippen molar-refractivity contribution in [2.45, 2.75) is 67.9 Å². The summed E-state index contributed by atoms with van der Waals surface area (Å²) in [6.07, 6.45) is 9.72. The second-order valence-corrected chi connectivity index (χ2v) is 6.54. The number of halogens is 2. The van der Waals surface area contributed by atoms with E-state index in [9.17, 15) is 0 Å². The highest BCUT2D eigenvalue weighted by atomic mass is 35.5. The van der Waals surface area contributed by atoms with Gasteiger partial charge in [0, 0.05) is 37.6 Å². The average molecular weight is 467 g/mol. The van der Waals surface area contributed by atoms with E-state index in [0.717, 1.165) is 28.6 Å². The van der Waals surface area contributed by atoms with Crippen LogP contribution >= 0.6 is 23.2 Å². The quantitative estimate of drug-likeness (QED) is 0.225. The molecule has 0 amide bonds. The number of hydrogen-bond donors (Lipinski definition) is 0. The van der Waals surface area contributed by atoms with Crippen LogP contribution in [0.3, 0.4) is 0 Å². The Labute approximate surface area is 196 Å². The topological polar surface area (TPSA) is 61.4 Å². The van der Waals surface area contributed by atoms with Gasteiger partial charge in [-0.15, -0.1) is 0 Å². The Hall–Kier alpha value is -2.18. The molecule has 0 fully saturated rings. The van der Waals surface area contributed by atoms with E-state index in [-0.39, 0.29) is 0 Å². The Morgan fingerprint density at radius 3 is 2.03 bits per heavy atom. The molecule has 4 aromatic rings. The molecule has 0 spiro atoms. The van der Waals surface area contributed by atoms with Crippen molar-refractivity contribution in [1.82, 2.24) is 29.1 Å². The Balaban J connectivity index is 0.000000439. The van der Waals surface area contributed by atoms with Crippen molar-refractivity contribution in [1.29, 1.82) is 0 Å². The molecular weight excluding hydrogens is 431 g/mol. The number of aromatic nitrogens is 6. The standard InChI is InChI=1S/C8H8ClN3.C7H6ClN3.C4H10.2C2H6/c1-2-12-4-3-6-5-10-8(9)11-7(6)12;1-11-3-2-5-6(8)9-4-10-7(5)11;1-3-4-2;2*1-2/h3-5H,2H2,1H3;2-4H,1H3;3-4H2,1-2H3;2*1-2H3. The summed E-state index contributed by atoms with van der Waals surface area (Å²) in [6, 6.07) is 3.88. The lowest BCUT2D eigenvalue weighted by atomic mass is 10.4. The molecule has 0 aliphatic heterocycles. The lowest BCUT2D eigenvalue weighted by molar-refractivity contribution is 0.786. The van der Waals surface area contributed by atoms with Gasteiger partial charge in [0.05, 0.1) is 5.39 Å². The van der Waals surface area contributed by atoms with Gasteiger partial charge >= 0.3 is 0 Å². The lowest BCUT2D eigenvalue weighted by Gasteiger charge is -1.98. The van der Waals surface area contributed by atoms with Gasteiger partial charge in [-0.2, -0.15) is 4.98 Å². The number of aryl methyl sites for hydroxylation is 2. The molecule has 8 heteroatoms. The van der Waals surface area contributed by atoms with Crippen LogP contribution in [-0.2, 0) is 13.6 Å². The fraction of sp³-hybridized carbons (Fsp3) is 0.478. The molecule has 0 aliphatic rings. The Bertz CT molecular complexity index is 992. The Morgan fingerprint density at radius 2 is 1.48 bits per heavy atom. The first kappa shape index (κ1) is 28.8. The van der Waals surface area contributed by atoms with Crippen LogP contribution in [0.2, 0.25) is 10.4 Å². The summed E-state index contributed by atoms with van der Waals surface area (Å²) in [5.74, 6) is 0. The zero-order valence-corrected chi connectivity index (χ0v) is 21.5. The van der Waals surface area contributed by atoms with E-state index in [2.05, 4.69) is 40.7 Å². The highest BCUT2D eigenvalue weighted by Crippen LogP contribution is 2.18. The summed E-state index contributed by atoms with van der Waals surface area (Å²) in [7, 11) is 1.92. The third-order valence-electron chi connectivity index (χ3n) is 3.93. The van der Waals surface area contributed by atoms with Gasteiger partial charge in [0.2, 0.25) is 5.28 Å². The predicted octanol–water partition coefficient (Wildman–Crippen LogP) is 7.59. The van der Waals surface area contributed by atoms with Gasteiger partial charge in [0.15, 0.2) is 0 Å². The second kappa shape index (κ2) is 16.5. The molecule has 0 aliphatic carbocycles. The third-order valence-corrected chi connectivity index (χ3v) is 4.41. The molecule has 4 aromatic heterocycles. The van der Waals surface area contributed by atoms with Crippen molar-refractivity contribution in [3.63, 3.8) is 0 Å². The third kappa shape index (κ3) is 8.83. The summed E-state index contributed by atoms with van der Waals surface area (Å²) in [6.45, 7) is 15.3. The van der Waals surface area contributed by atoms with Crippen molar-refractivity contribution in [3.8, 4) is 0 Å². The van der Waals surface area contributed by atoms with Crippen LogP contribution in [0.15, 0.2) is 37.1 Å². The first-order valence-electron chi connectivity index (χ1n) is 10.9. The first-order valence-corrected chi connectivity index (χ1v) is 11.7. The maximum atomic E-state index is 5.81. The second-order valence-electron chi connectivity index (χ2n) is 5.85. The normalized spacial score (nSPS) is 9.35. The van der Waals surface area contributed by atoms with Crippen molar-refractivity contribution < 1.29 is 0 Å².